The predicted octanol–water partition coefficient (Wildman–Crippen LogP) is 9.80. The summed E-state index contributed by atoms with van der Waals surface area (Å²) in [7, 11) is -3.89. The van der Waals surface area contributed by atoms with Gasteiger partial charge in [0.05, 0.1) is 22.6 Å². The van der Waals surface area contributed by atoms with E-state index >= 15 is 0 Å². The van der Waals surface area contributed by atoms with Crippen molar-refractivity contribution in [3.8, 4) is 28.1 Å². The van der Waals surface area contributed by atoms with Crippen LogP contribution in [0.25, 0.3) is 28.1 Å². The molecule has 0 fully saturated rings. The zero-order valence-electron chi connectivity index (χ0n) is 26.2. The summed E-state index contributed by atoms with van der Waals surface area (Å²) in [6.45, 7) is 4.50. The molecule has 10 heteroatoms. The average Bonchev–Trinajstić information content (AvgIpc) is 3.59. The molecule has 7 nitrogen and oxygen atoms in total. The van der Waals surface area contributed by atoms with Crippen molar-refractivity contribution in [1.82, 2.24) is 14.3 Å². The quantitative estimate of drug-likeness (QED) is 0.145. The van der Waals surface area contributed by atoms with E-state index in [9.17, 15) is 13.5 Å². The lowest BCUT2D eigenvalue weighted by Gasteiger charge is -2.16. The number of aromatic nitrogens is 2. The predicted molar refractivity (Wildman–Crippen MR) is 192 cm³/mol. The van der Waals surface area contributed by atoms with Crippen molar-refractivity contribution >= 4 is 39.1 Å². The molecule has 0 amide bonds. The van der Waals surface area contributed by atoms with E-state index in [1.807, 2.05) is 29.0 Å². The van der Waals surface area contributed by atoms with Crippen molar-refractivity contribution in [2.75, 3.05) is 4.31 Å². The number of nitrogens with zero attached hydrogens (tertiary/aromatic N) is 3. The molecule has 1 aliphatic rings. The average molecular weight is 688 g/mol. The van der Waals surface area contributed by atoms with Gasteiger partial charge in [0.2, 0.25) is 5.88 Å². The van der Waals surface area contributed by atoms with E-state index in [2.05, 4.69) is 67.1 Å². The Morgan fingerprint density at radius 3 is 2.02 bits per heavy atom. The zero-order valence-corrected chi connectivity index (χ0v) is 28.5. The molecule has 1 aliphatic heterocycles. The van der Waals surface area contributed by atoms with Gasteiger partial charge in [-0.2, -0.15) is 8.42 Å². The number of hydrogen-bond donors (Lipinski definition) is 2. The number of aliphatic hydroxyl groups excluding tert-OH is 1. The van der Waals surface area contributed by atoms with Crippen molar-refractivity contribution < 1.29 is 13.5 Å². The SMILES string of the molecule is CCCC(CCC)c1ccc(-c2ccc(Cc3nc(-c4ccc(Cl)cc4Cl)cn3-c3ccc(N4C=C(O)NS4(=O)=O)cc3)cc2)cc1. The molecule has 0 saturated carbocycles. The summed E-state index contributed by atoms with van der Waals surface area (Å²) in [5, 5.41) is 10.7. The third-order valence-electron chi connectivity index (χ3n) is 8.41. The Hall–Kier alpha value is -4.24. The molecule has 6 rings (SSSR count). The van der Waals surface area contributed by atoms with Crippen LogP contribution in [0.15, 0.2) is 109 Å². The van der Waals surface area contributed by atoms with Crippen LogP contribution < -0.4 is 9.03 Å². The maximum Gasteiger partial charge on any atom is 0.330 e. The lowest BCUT2D eigenvalue weighted by Crippen LogP contribution is -2.29. The number of benzene rings is 4. The highest BCUT2D eigenvalue weighted by molar-refractivity contribution is 7.91. The van der Waals surface area contributed by atoms with Gasteiger partial charge in [0.15, 0.2) is 0 Å². The van der Waals surface area contributed by atoms with Gasteiger partial charge in [-0.05, 0) is 83.5 Å². The van der Waals surface area contributed by atoms with E-state index in [0.29, 0.717) is 33.8 Å². The molecular formula is C37H36Cl2N4O3S. The van der Waals surface area contributed by atoms with Crippen molar-refractivity contribution in [2.45, 2.75) is 51.9 Å². The van der Waals surface area contributed by atoms with Gasteiger partial charge in [-0.25, -0.2) is 14.0 Å². The second-order valence-corrected chi connectivity index (χ2v) is 14.1. The molecular weight excluding hydrogens is 651 g/mol. The Kier molecular flexibility index (Phi) is 9.64. The van der Waals surface area contributed by atoms with E-state index in [0.717, 1.165) is 38.7 Å². The second kappa shape index (κ2) is 13.9. The number of halogens is 2. The molecule has 0 radical (unpaired) electrons. The van der Waals surface area contributed by atoms with E-state index in [4.69, 9.17) is 28.2 Å². The molecule has 5 aromatic rings. The van der Waals surface area contributed by atoms with Gasteiger partial charge in [0.25, 0.3) is 0 Å². The first kappa shape index (κ1) is 32.7. The highest BCUT2D eigenvalue weighted by atomic mass is 35.5. The lowest BCUT2D eigenvalue weighted by atomic mass is 9.89. The molecule has 47 heavy (non-hydrogen) atoms. The van der Waals surface area contributed by atoms with Crippen molar-refractivity contribution in [2.24, 2.45) is 0 Å². The standard InChI is InChI=1S/C37H36Cl2N4O3S/c1-3-5-26(6-4-2)28-11-13-29(14-12-28)27-9-7-25(8-10-27)21-36-40-35(33-20-15-30(38)22-34(33)39)23-42(36)31-16-18-32(19-17-31)43-24-37(44)41-47(43,45)46/h7-20,22-24,26,41,44H,3-6,21H2,1-2H3. The molecule has 1 aromatic heterocycles. The van der Waals surface area contributed by atoms with Gasteiger partial charge in [-0.3, -0.25) is 0 Å². The molecule has 0 spiro atoms. The Labute approximate surface area is 286 Å². The van der Waals surface area contributed by atoms with Crippen LogP contribution in [-0.2, 0) is 16.6 Å². The van der Waals surface area contributed by atoms with Gasteiger partial charge in [-0.1, -0.05) is 98.4 Å². The first-order valence-electron chi connectivity index (χ1n) is 15.7. The fourth-order valence-corrected chi connectivity index (χ4v) is 7.63. The summed E-state index contributed by atoms with van der Waals surface area (Å²) in [6, 6.07) is 29.8. The lowest BCUT2D eigenvalue weighted by molar-refractivity contribution is 0.392. The summed E-state index contributed by atoms with van der Waals surface area (Å²) in [6.07, 6.45) is 8.40. The van der Waals surface area contributed by atoms with E-state index < -0.39 is 16.1 Å². The van der Waals surface area contributed by atoms with Crippen LogP contribution in [-0.4, -0.2) is 23.1 Å². The van der Waals surface area contributed by atoms with E-state index in [1.54, 1.807) is 24.3 Å². The maximum absolute atomic E-state index is 12.4. The Bertz CT molecular complexity index is 2000. The first-order chi connectivity index (χ1) is 22.6. The topological polar surface area (TPSA) is 87.5 Å². The Morgan fingerprint density at radius 2 is 1.45 bits per heavy atom. The highest BCUT2D eigenvalue weighted by Crippen LogP contribution is 2.33. The fourth-order valence-electron chi connectivity index (χ4n) is 6.08. The summed E-state index contributed by atoms with van der Waals surface area (Å²) in [4.78, 5) is 4.99. The van der Waals surface area contributed by atoms with Gasteiger partial charge in [0, 0.05) is 28.9 Å². The monoisotopic (exact) mass is 686 g/mol. The van der Waals surface area contributed by atoms with Gasteiger partial charge in [-0.15, -0.1) is 0 Å². The third-order valence-corrected chi connectivity index (χ3v) is 10.3. The molecule has 242 valence electrons. The van der Waals surface area contributed by atoms with Crippen LogP contribution >= 0.6 is 23.2 Å². The first-order valence-corrected chi connectivity index (χ1v) is 17.9. The summed E-state index contributed by atoms with van der Waals surface area (Å²) < 4.78 is 29.8. The molecule has 2 N–H and O–H groups in total. The van der Waals surface area contributed by atoms with Crippen molar-refractivity contribution in [1.29, 1.82) is 0 Å². The number of hydrogen-bond acceptors (Lipinski definition) is 4. The number of imidazole rings is 1. The Balaban J connectivity index is 1.29. The second-order valence-electron chi connectivity index (χ2n) is 11.7. The molecule has 0 bridgehead atoms. The van der Waals surface area contributed by atoms with Crippen LogP contribution in [0.2, 0.25) is 10.0 Å². The summed E-state index contributed by atoms with van der Waals surface area (Å²) in [5.41, 5.74) is 7.44. The molecule has 2 heterocycles. The molecule has 0 aliphatic carbocycles. The maximum atomic E-state index is 12.4. The molecule has 0 atom stereocenters. The minimum atomic E-state index is -3.89. The van der Waals surface area contributed by atoms with E-state index in [1.165, 1.54) is 36.8 Å². The minimum Gasteiger partial charge on any atom is -0.493 e. The highest BCUT2D eigenvalue weighted by Gasteiger charge is 2.28. The number of nitrogens with one attached hydrogen (secondary N) is 1. The minimum absolute atomic E-state index is 0.378. The van der Waals surface area contributed by atoms with Crippen LogP contribution in [0.5, 0.6) is 0 Å². The summed E-state index contributed by atoms with van der Waals surface area (Å²) in [5.74, 6) is 0.956. The van der Waals surface area contributed by atoms with E-state index in [-0.39, 0.29) is 0 Å². The van der Waals surface area contributed by atoms with Gasteiger partial charge >= 0.3 is 10.2 Å². The smallest absolute Gasteiger partial charge is 0.330 e. The van der Waals surface area contributed by atoms with Gasteiger partial charge in [0.1, 0.15) is 5.82 Å². The zero-order chi connectivity index (χ0) is 33.1. The molecule has 4 aromatic carbocycles. The summed E-state index contributed by atoms with van der Waals surface area (Å²) >= 11 is 12.7. The normalized spacial score (nSPS) is 14.0. The van der Waals surface area contributed by atoms with Crippen LogP contribution in [0, 0.1) is 0 Å². The van der Waals surface area contributed by atoms with Crippen LogP contribution in [0.3, 0.4) is 0 Å². The van der Waals surface area contributed by atoms with Gasteiger partial charge < -0.3 is 9.67 Å². The van der Waals surface area contributed by atoms with Crippen LogP contribution in [0.4, 0.5) is 5.69 Å². The van der Waals surface area contributed by atoms with Crippen LogP contribution in [0.1, 0.15) is 62.4 Å². The number of aliphatic hydroxyl groups is 1. The Morgan fingerprint density at radius 1 is 0.830 bits per heavy atom. The molecule has 0 unspecified atom stereocenters. The van der Waals surface area contributed by atoms with Crippen molar-refractivity contribution in [3.63, 3.8) is 0 Å². The molecule has 0 saturated heterocycles. The number of anilines is 1. The fraction of sp³-hybridized carbons (Fsp3) is 0.216. The van der Waals surface area contributed by atoms with Crippen molar-refractivity contribution in [3.05, 3.63) is 136 Å². The third kappa shape index (κ3) is 7.20. The number of rotatable bonds is 11. The largest absolute Gasteiger partial charge is 0.493 e.